The number of aliphatic hydroxyl groups excluding tert-OH is 1. The van der Waals surface area contributed by atoms with Crippen molar-refractivity contribution in [2.75, 3.05) is 5.75 Å². The number of alkyl halides is 2. The Kier molecular flexibility index (Phi) is 5.17. The predicted molar refractivity (Wildman–Crippen MR) is 90.7 cm³/mol. The van der Waals surface area contributed by atoms with E-state index in [1.165, 1.54) is 6.92 Å². The van der Waals surface area contributed by atoms with Crippen molar-refractivity contribution in [3.8, 4) is 11.1 Å². The van der Waals surface area contributed by atoms with Crippen LogP contribution in [0.1, 0.15) is 18.6 Å². The Labute approximate surface area is 140 Å². The molecule has 1 N–H and O–H groups in total. The predicted octanol–water partition coefficient (Wildman–Crippen LogP) is 3.95. The van der Waals surface area contributed by atoms with E-state index in [0.29, 0.717) is 5.56 Å². The van der Waals surface area contributed by atoms with Crippen molar-refractivity contribution in [2.24, 2.45) is 0 Å². The van der Waals surface area contributed by atoms with Crippen LogP contribution in [0.2, 0.25) is 0 Å². The molecule has 118 valence electrons. The van der Waals surface area contributed by atoms with Crippen molar-refractivity contribution in [1.82, 2.24) is 0 Å². The standard InChI is InChI=1S/C16H16Cl2O3S/c1-2-22(20,21)16(17,18)15(19)14-10-8-13(9-11-14)12-6-4-3-5-7-12/h3-11,15,19H,2H2,1H3/t15-/m1/s1. The van der Waals surface area contributed by atoms with Gasteiger partial charge in [-0.2, -0.15) is 0 Å². The van der Waals surface area contributed by atoms with Gasteiger partial charge in [0, 0.05) is 0 Å². The Balaban J connectivity index is 2.31. The minimum absolute atomic E-state index is 0.251. The summed E-state index contributed by atoms with van der Waals surface area (Å²) >= 11 is 11.8. The molecule has 0 spiro atoms. The lowest BCUT2D eigenvalue weighted by molar-refractivity contribution is 0.181. The van der Waals surface area contributed by atoms with Crippen LogP contribution >= 0.6 is 23.2 Å². The number of hydrogen-bond acceptors (Lipinski definition) is 3. The first-order chi connectivity index (χ1) is 10.3. The average Bonchev–Trinajstić information content (AvgIpc) is 2.55. The lowest BCUT2D eigenvalue weighted by Gasteiger charge is -2.25. The van der Waals surface area contributed by atoms with E-state index in [9.17, 15) is 13.5 Å². The van der Waals surface area contributed by atoms with Gasteiger partial charge in [0.25, 0.3) is 0 Å². The Bertz CT molecular complexity index is 726. The largest absolute Gasteiger partial charge is 0.384 e. The number of halogens is 2. The van der Waals surface area contributed by atoms with Gasteiger partial charge in [-0.3, -0.25) is 0 Å². The van der Waals surface area contributed by atoms with E-state index in [-0.39, 0.29) is 5.75 Å². The molecule has 0 amide bonds. The summed E-state index contributed by atoms with van der Waals surface area (Å²) in [6.07, 6.45) is -1.52. The fourth-order valence-corrected chi connectivity index (χ4v) is 3.81. The molecule has 0 bridgehead atoms. The van der Waals surface area contributed by atoms with Crippen LogP contribution in [0.15, 0.2) is 54.6 Å². The molecule has 1 atom stereocenters. The maximum absolute atomic E-state index is 11.9. The first kappa shape index (κ1) is 17.3. The molecule has 3 nitrogen and oxygen atoms in total. The Morgan fingerprint density at radius 1 is 1.00 bits per heavy atom. The molecule has 0 aliphatic heterocycles. The molecule has 22 heavy (non-hydrogen) atoms. The van der Waals surface area contributed by atoms with Gasteiger partial charge < -0.3 is 5.11 Å². The molecule has 0 heterocycles. The van der Waals surface area contributed by atoms with Crippen molar-refractivity contribution >= 4 is 33.0 Å². The zero-order valence-electron chi connectivity index (χ0n) is 11.9. The molecular weight excluding hydrogens is 343 g/mol. The van der Waals surface area contributed by atoms with E-state index in [4.69, 9.17) is 23.2 Å². The van der Waals surface area contributed by atoms with Crippen LogP contribution in [0.3, 0.4) is 0 Å². The van der Waals surface area contributed by atoms with Gasteiger partial charge in [0.05, 0.1) is 5.75 Å². The minimum atomic E-state index is -3.83. The summed E-state index contributed by atoms with van der Waals surface area (Å²) in [5.74, 6) is -0.251. The topological polar surface area (TPSA) is 54.4 Å². The second kappa shape index (κ2) is 6.59. The van der Waals surface area contributed by atoms with Crippen molar-refractivity contribution in [2.45, 2.75) is 16.7 Å². The SMILES string of the molecule is CCS(=O)(=O)C(Cl)(Cl)[C@H](O)c1ccc(-c2ccccc2)cc1. The quantitative estimate of drug-likeness (QED) is 0.823. The third-order valence-electron chi connectivity index (χ3n) is 3.45. The lowest BCUT2D eigenvalue weighted by Crippen LogP contribution is -2.34. The Morgan fingerprint density at radius 3 is 2.00 bits per heavy atom. The van der Waals surface area contributed by atoms with Gasteiger partial charge in [-0.05, 0) is 16.7 Å². The van der Waals surface area contributed by atoms with Crippen molar-refractivity contribution in [3.63, 3.8) is 0 Å². The van der Waals surface area contributed by atoms with Gasteiger partial charge >= 0.3 is 0 Å². The number of benzene rings is 2. The van der Waals surface area contributed by atoms with E-state index < -0.39 is 19.6 Å². The molecule has 0 aliphatic rings. The van der Waals surface area contributed by atoms with Crippen LogP contribution in [0.5, 0.6) is 0 Å². The van der Waals surface area contributed by atoms with Gasteiger partial charge in [-0.1, -0.05) is 84.7 Å². The Hall–Kier alpha value is -1.07. The molecular formula is C16H16Cl2O3S. The van der Waals surface area contributed by atoms with E-state index in [0.717, 1.165) is 11.1 Å². The van der Waals surface area contributed by atoms with Crippen molar-refractivity contribution in [1.29, 1.82) is 0 Å². The highest BCUT2D eigenvalue weighted by Gasteiger charge is 2.46. The molecule has 0 unspecified atom stereocenters. The zero-order valence-corrected chi connectivity index (χ0v) is 14.2. The number of aliphatic hydroxyl groups is 1. The molecule has 0 fully saturated rings. The highest BCUT2D eigenvalue weighted by Crippen LogP contribution is 2.41. The maximum Gasteiger partial charge on any atom is 0.247 e. The summed E-state index contributed by atoms with van der Waals surface area (Å²) in [5.41, 5.74) is 2.32. The summed E-state index contributed by atoms with van der Waals surface area (Å²) in [6.45, 7) is 1.43. The molecule has 2 aromatic rings. The Morgan fingerprint density at radius 2 is 1.50 bits per heavy atom. The van der Waals surface area contributed by atoms with Crippen LogP contribution in [0.4, 0.5) is 0 Å². The summed E-state index contributed by atoms with van der Waals surface area (Å²) in [7, 11) is -3.83. The van der Waals surface area contributed by atoms with Gasteiger partial charge in [-0.25, -0.2) is 8.42 Å². The van der Waals surface area contributed by atoms with Gasteiger partial charge in [0.15, 0.2) is 9.84 Å². The number of sulfone groups is 1. The van der Waals surface area contributed by atoms with Gasteiger partial charge in [0.2, 0.25) is 3.67 Å². The summed E-state index contributed by atoms with van der Waals surface area (Å²) < 4.78 is 21.5. The molecule has 6 heteroatoms. The van der Waals surface area contributed by atoms with Crippen LogP contribution in [-0.4, -0.2) is 22.9 Å². The second-order valence-corrected chi connectivity index (χ2v) is 9.14. The minimum Gasteiger partial charge on any atom is -0.384 e. The normalized spacial score (nSPS) is 13.8. The third kappa shape index (κ3) is 3.30. The highest BCUT2D eigenvalue weighted by molar-refractivity contribution is 7.95. The van der Waals surface area contributed by atoms with Crippen molar-refractivity contribution in [3.05, 3.63) is 60.2 Å². The van der Waals surface area contributed by atoms with Crippen LogP contribution in [0, 0.1) is 0 Å². The van der Waals surface area contributed by atoms with E-state index >= 15 is 0 Å². The fraction of sp³-hybridized carbons (Fsp3) is 0.250. The van der Waals surface area contributed by atoms with E-state index in [1.54, 1.807) is 24.3 Å². The van der Waals surface area contributed by atoms with Crippen molar-refractivity contribution < 1.29 is 13.5 Å². The molecule has 0 saturated carbocycles. The first-order valence-corrected chi connectivity index (χ1v) is 9.14. The number of hydrogen-bond donors (Lipinski definition) is 1. The summed E-state index contributed by atoms with van der Waals surface area (Å²) in [5, 5.41) is 10.2. The lowest BCUT2D eigenvalue weighted by atomic mass is 10.0. The summed E-state index contributed by atoms with van der Waals surface area (Å²) in [4.78, 5) is 0. The average molecular weight is 359 g/mol. The second-order valence-electron chi connectivity index (χ2n) is 4.86. The van der Waals surface area contributed by atoms with Gasteiger partial charge in [-0.15, -0.1) is 0 Å². The van der Waals surface area contributed by atoms with Crippen LogP contribution in [0.25, 0.3) is 11.1 Å². The summed E-state index contributed by atoms with van der Waals surface area (Å²) in [6, 6.07) is 16.5. The van der Waals surface area contributed by atoms with Crippen LogP contribution in [-0.2, 0) is 9.84 Å². The van der Waals surface area contributed by atoms with E-state index in [1.807, 2.05) is 30.3 Å². The zero-order chi connectivity index (χ0) is 16.4. The fourth-order valence-electron chi connectivity index (χ4n) is 2.05. The maximum atomic E-state index is 11.9. The molecule has 2 aromatic carbocycles. The monoisotopic (exact) mass is 358 g/mol. The van der Waals surface area contributed by atoms with Gasteiger partial charge in [0.1, 0.15) is 6.10 Å². The molecule has 0 aromatic heterocycles. The number of rotatable bonds is 5. The highest BCUT2D eigenvalue weighted by atomic mass is 35.5. The molecule has 0 aliphatic carbocycles. The first-order valence-electron chi connectivity index (χ1n) is 6.73. The van der Waals surface area contributed by atoms with E-state index in [2.05, 4.69) is 0 Å². The van der Waals surface area contributed by atoms with Crippen LogP contribution < -0.4 is 0 Å². The molecule has 0 saturated heterocycles. The molecule has 2 rings (SSSR count). The molecule has 0 radical (unpaired) electrons. The smallest absolute Gasteiger partial charge is 0.247 e. The third-order valence-corrected chi connectivity index (χ3v) is 7.08.